The molecule has 0 aliphatic carbocycles. The summed E-state index contributed by atoms with van der Waals surface area (Å²) in [4.78, 5) is 22.1. The molecule has 0 saturated heterocycles. The lowest BCUT2D eigenvalue weighted by atomic mass is 10.2. The highest BCUT2D eigenvalue weighted by molar-refractivity contribution is 7.89. The summed E-state index contributed by atoms with van der Waals surface area (Å²) in [6.45, 7) is 7.57. The maximum atomic E-state index is 13.4. The van der Waals surface area contributed by atoms with Gasteiger partial charge in [-0.2, -0.15) is 4.31 Å². The number of nitrogens with zero attached hydrogens (tertiary/aromatic N) is 4. The van der Waals surface area contributed by atoms with E-state index < -0.39 is 10.0 Å². The van der Waals surface area contributed by atoms with E-state index in [-0.39, 0.29) is 10.8 Å². The van der Waals surface area contributed by atoms with Crippen molar-refractivity contribution in [2.45, 2.75) is 25.7 Å². The van der Waals surface area contributed by atoms with E-state index in [0.29, 0.717) is 36.9 Å². The van der Waals surface area contributed by atoms with Gasteiger partial charge in [-0.15, -0.1) is 0 Å². The van der Waals surface area contributed by atoms with Gasteiger partial charge in [0.15, 0.2) is 5.13 Å². The van der Waals surface area contributed by atoms with Gasteiger partial charge in [-0.1, -0.05) is 37.3 Å². The summed E-state index contributed by atoms with van der Waals surface area (Å²) in [5.74, 6) is -0.199. The van der Waals surface area contributed by atoms with Crippen LogP contribution in [0.2, 0.25) is 0 Å². The Morgan fingerprint density at radius 2 is 1.66 bits per heavy atom. The molecule has 0 unspecified atom stereocenters. The minimum absolute atomic E-state index is 0.188. The predicted octanol–water partition coefficient (Wildman–Crippen LogP) is 3.84. The topological polar surface area (TPSA) is 73.8 Å². The molecule has 1 aromatic heterocycles. The van der Waals surface area contributed by atoms with Crippen molar-refractivity contribution in [3.05, 3.63) is 53.6 Å². The summed E-state index contributed by atoms with van der Waals surface area (Å²) in [7, 11) is 0.345. The van der Waals surface area contributed by atoms with Crippen molar-refractivity contribution in [2.24, 2.45) is 0 Å². The van der Waals surface area contributed by atoms with E-state index in [1.165, 1.54) is 27.8 Å². The zero-order chi connectivity index (χ0) is 23.5. The standard InChI is InChI=1S/C23H30N4O3S2/c1-6-26(7-2)32(29,30)19-13-11-18(12-14-19)22(28)27(16-15-25(4)5)23-24-21-17(3)9-8-10-20(21)31-23/h8-14H,6-7,15-16H2,1-5H3. The lowest BCUT2D eigenvalue weighted by Crippen LogP contribution is -2.36. The second-order valence-electron chi connectivity index (χ2n) is 7.79. The Bertz CT molecular complexity index is 1180. The number of aryl methyl sites for hydroxylation is 1. The number of sulfonamides is 1. The Kier molecular flexibility index (Phi) is 7.66. The number of carbonyl (C=O) groups excluding carboxylic acids is 1. The van der Waals surface area contributed by atoms with Crippen molar-refractivity contribution in [2.75, 3.05) is 45.2 Å². The average Bonchev–Trinajstić information content (AvgIpc) is 3.19. The van der Waals surface area contributed by atoms with E-state index >= 15 is 0 Å². The SMILES string of the molecule is CCN(CC)S(=O)(=O)c1ccc(C(=O)N(CCN(C)C)c2nc3c(C)cccc3s2)cc1. The number of hydrogen-bond donors (Lipinski definition) is 0. The highest BCUT2D eigenvalue weighted by Gasteiger charge is 2.24. The van der Waals surface area contributed by atoms with Crippen LogP contribution in [0.4, 0.5) is 5.13 Å². The lowest BCUT2D eigenvalue weighted by molar-refractivity contribution is 0.0985. The van der Waals surface area contributed by atoms with Crippen LogP contribution in [0.3, 0.4) is 0 Å². The molecule has 2 aromatic carbocycles. The van der Waals surface area contributed by atoms with Gasteiger partial charge in [-0.25, -0.2) is 13.4 Å². The van der Waals surface area contributed by atoms with Crippen LogP contribution >= 0.6 is 11.3 Å². The van der Waals surface area contributed by atoms with Gasteiger partial charge in [-0.05, 0) is 56.9 Å². The van der Waals surface area contributed by atoms with Crippen molar-refractivity contribution in [1.29, 1.82) is 0 Å². The van der Waals surface area contributed by atoms with Crippen LogP contribution in [-0.4, -0.2) is 68.8 Å². The molecule has 1 amide bonds. The summed E-state index contributed by atoms with van der Waals surface area (Å²) >= 11 is 1.48. The maximum Gasteiger partial charge on any atom is 0.260 e. The number of thiazole rings is 1. The molecule has 0 aliphatic rings. The molecule has 3 aromatic rings. The van der Waals surface area contributed by atoms with Gasteiger partial charge >= 0.3 is 0 Å². The number of hydrogen-bond acceptors (Lipinski definition) is 6. The number of likely N-dealkylation sites (N-methyl/N-ethyl adjacent to an activating group) is 1. The molecule has 7 nitrogen and oxygen atoms in total. The van der Waals surface area contributed by atoms with Crippen LogP contribution in [0, 0.1) is 6.92 Å². The van der Waals surface area contributed by atoms with E-state index in [0.717, 1.165) is 15.8 Å². The van der Waals surface area contributed by atoms with Crippen LogP contribution in [-0.2, 0) is 10.0 Å². The molecule has 0 radical (unpaired) electrons. The minimum atomic E-state index is -3.57. The molecule has 0 spiro atoms. The molecule has 1 heterocycles. The Balaban J connectivity index is 1.95. The highest BCUT2D eigenvalue weighted by atomic mass is 32.2. The van der Waals surface area contributed by atoms with E-state index in [2.05, 4.69) is 0 Å². The zero-order valence-corrected chi connectivity index (χ0v) is 20.8. The molecule has 9 heteroatoms. The van der Waals surface area contributed by atoms with Crippen LogP contribution in [0.1, 0.15) is 29.8 Å². The molecular formula is C23H30N4O3S2. The van der Waals surface area contributed by atoms with Crippen molar-refractivity contribution >= 4 is 42.6 Å². The first-order valence-corrected chi connectivity index (χ1v) is 12.9. The van der Waals surface area contributed by atoms with Gasteiger partial charge in [0, 0.05) is 31.7 Å². The first kappa shape index (κ1) is 24.3. The maximum absolute atomic E-state index is 13.4. The molecule has 0 N–H and O–H groups in total. The Morgan fingerprint density at radius 1 is 1.00 bits per heavy atom. The van der Waals surface area contributed by atoms with Gasteiger partial charge in [-0.3, -0.25) is 9.69 Å². The van der Waals surface area contributed by atoms with Crippen LogP contribution < -0.4 is 4.90 Å². The largest absolute Gasteiger partial charge is 0.308 e. The highest BCUT2D eigenvalue weighted by Crippen LogP contribution is 2.31. The number of anilines is 1. The normalized spacial score (nSPS) is 12.1. The summed E-state index contributed by atoms with van der Waals surface area (Å²) in [6, 6.07) is 12.2. The summed E-state index contributed by atoms with van der Waals surface area (Å²) in [5.41, 5.74) is 2.39. The Morgan fingerprint density at radius 3 is 2.22 bits per heavy atom. The van der Waals surface area contributed by atoms with Crippen molar-refractivity contribution in [3.8, 4) is 0 Å². The van der Waals surface area contributed by atoms with Crippen LogP contribution in [0.5, 0.6) is 0 Å². The number of rotatable bonds is 9. The number of aromatic nitrogens is 1. The summed E-state index contributed by atoms with van der Waals surface area (Å²) < 4.78 is 27.9. The van der Waals surface area contributed by atoms with Gasteiger partial charge in [0.25, 0.3) is 5.91 Å². The fraction of sp³-hybridized carbons (Fsp3) is 0.391. The minimum Gasteiger partial charge on any atom is -0.308 e. The molecule has 172 valence electrons. The van der Waals surface area contributed by atoms with E-state index in [1.807, 2.05) is 44.1 Å². The molecule has 0 atom stereocenters. The fourth-order valence-corrected chi connectivity index (χ4v) is 5.94. The second-order valence-corrected chi connectivity index (χ2v) is 10.7. The molecule has 3 rings (SSSR count). The van der Waals surface area contributed by atoms with Gasteiger partial charge in [0.05, 0.1) is 15.1 Å². The molecule has 32 heavy (non-hydrogen) atoms. The second kappa shape index (κ2) is 10.1. The third-order valence-corrected chi connectivity index (χ3v) is 8.41. The van der Waals surface area contributed by atoms with Crippen molar-refractivity contribution in [1.82, 2.24) is 14.2 Å². The lowest BCUT2D eigenvalue weighted by Gasteiger charge is -2.22. The number of para-hydroxylation sites is 1. The number of benzene rings is 2. The van der Waals surface area contributed by atoms with Gasteiger partial charge < -0.3 is 4.90 Å². The quantitative estimate of drug-likeness (QED) is 0.471. The zero-order valence-electron chi connectivity index (χ0n) is 19.2. The molecule has 0 aliphatic heterocycles. The third kappa shape index (κ3) is 5.01. The predicted molar refractivity (Wildman–Crippen MR) is 131 cm³/mol. The third-order valence-electron chi connectivity index (χ3n) is 5.30. The van der Waals surface area contributed by atoms with E-state index in [1.54, 1.807) is 30.9 Å². The van der Waals surface area contributed by atoms with Crippen LogP contribution in [0.25, 0.3) is 10.2 Å². The number of carbonyl (C=O) groups is 1. The van der Waals surface area contributed by atoms with Crippen molar-refractivity contribution in [3.63, 3.8) is 0 Å². The monoisotopic (exact) mass is 474 g/mol. The molecular weight excluding hydrogens is 444 g/mol. The number of amides is 1. The Hall–Kier alpha value is -2.33. The summed E-state index contributed by atoms with van der Waals surface area (Å²) in [5, 5.41) is 0.640. The van der Waals surface area contributed by atoms with Gasteiger partial charge in [0.1, 0.15) is 0 Å². The van der Waals surface area contributed by atoms with Crippen LogP contribution in [0.15, 0.2) is 47.4 Å². The molecule has 0 saturated carbocycles. The smallest absolute Gasteiger partial charge is 0.260 e. The summed E-state index contributed by atoms with van der Waals surface area (Å²) in [6.07, 6.45) is 0. The average molecular weight is 475 g/mol. The number of fused-ring (bicyclic) bond motifs is 1. The molecule has 0 bridgehead atoms. The van der Waals surface area contributed by atoms with Crippen molar-refractivity contribution < 1.29 is 13.2 Å². The fourth-order valence-electron chi connectivity index (χ4n) is 3.41. The molecule has 0 fully saturated rings. The first-order chi connectivity index (χ1) is 15.2. The Labute approximate surface area is 194 Å². The van der Waals surface area contributed by atoms with E-state index in [4.69, 9.17) is 4.98 Å². The van der Waals surface area contributed by atoms with Gasteiger partial charge in [0.2, 0.25) is 10.0 Å². The van der Waals surface area contributed by atoms with E-state index in [9.17, 15) is 13.2 Å². The first-order valence-electron chi connectivity index (χ1n) is 10.6.